The Labute approximate surface area is 169 Å². The number of sulfonamides is 1. The van der Waals surface area contributed by atoms with Gasteiger partial charge < -0.3 is 5.32 Å². The molecule has 1 N–H and O–H groups in total. The quantitative estimate of drug-likeness (QED) is 0.600. The van der Waals surface area contributed by atoms with Crippen LogP contribution in [0.5, 0.6) is 0 Å². The highest BCUT2D eigenvalue weighted by Crippen LogP contribution is 2.23. The van der Waals surface area contributed by atoms with E-state index in [1.54, 1.807) is 12.1 Å². The largest absolute Gasteiger partial charge is 0.321 e. The van der Waals surface area contributed by atoms with E-state index in [-0.39, 0.29) is 21.7 Å². The molecule has 1 amide bonds. The van der Waals surface area contributed by atoms with Gasteiger partial charge in [-0.2, -0.15) is 9.57 Å². The number of nitrogens with one attached hydrogen (secondary N) is 1. The Kier molecular flexibility index (Phi) is 6.42. The Hall–Kier alpha value is -3.02. The number of hydrogen-bond acceptors (Lipinski definition) is 4. The third-order valence-electron chi connectivity index (χ3n) is 4.61. The summed E-state index contributed by atoms with van der Waals surface area (Å²) in [6, 6.07) is 13.4. The number of rotatable bonds is 5. The molecule has 2 aromatic rings. The zero-order chi connectivity index (χ0) is 20.9. The predicted molar refractivity (Wildman–Crippen MR) is 108 cm³/mol. The molecule has 8 heteroatoms. The third kappa shape index (κ3) is 4.88. The van der Waals surface area contributed by atoms with E-state index >= 15 is 0 Å². The number of benzene rings is 2. The molecule has 0 atom stereocenters. The maximum atomic E-state index is 13.8. The zero-order valence-corrected chi connectivity index (χ0v) is 16.5. The van der Waals surface area contributed by atoms with Crippen LogP contribution in [0.4, 0.5) is 10.1 Å². The summed E-state index contributed by atoms with van der Waals surface area (Å²) in [5.74, 6) is -1.30. The van der Waals surface area contributed by atoms with Gasteiger partial charge in [-0.15, -0.1) is 0 Å². The van der Waals surface area contributed by atoms with Gasteiger partial charge in [-0.3, -0.25) is 4.79 Å². The Morgan fingerprint density at radius 1 is 1.10 bits per heavy atom. The predicted octanol–water partition coefficient (Wildman–Crippen LogP) is 3.55. The van der Waals surface area contributed by atoms with Gasteiger partial charge in [-0.05, 0) is 43.2 Å². The third-order valence-corrected chi connectivity index (χ3v) is 6.51. The standard InChI is InChI=1S/C21H20FN3O3S/c22-20-10-3-2-7-16(20)13-17(15-23)21(26)24-18-8-6-9-19(14-18)29(27,28)25-11-4-1-5-12-25/h2-3,6-10,13-14H,1,4-5,11-12H2,(H,24,26)/b17-13+. The molecule has 0 saturated carbocycles. The Morgan fingerprint density at radius 3 is 2.52 bits per heavy atom. The average molecular weight is 413 g/mol. The van der Waals surface area contributed by atoms with Gasteiger partial charge in [0.1, 0.15) is 17.5 Å². The second-order valence-corrected chi connectivity index (χ2v) is 8.58. The molecule has 150 valence electrons. The minimum atomic E-state index is -3.65. The van der Waals surface area contributed by atoms with Crippen molar-refractivity contribution in [3.8, 4) is 6.07 Å². The van der Waals surface area contributed by atoms with E-state index in [1.165, 1.54) is 46.8 Å². The average Bonchev–Trinajstić information content (AvgIpc) is 2.74. The maximum Gasteiger partial charge on any atom is 0.266 e. The molecule has 0 aliphatic carbocycles. The van der Waals surface area contributed by atoms with Crippen molar-refractivity contribution >= 4 is 27.7 Å². The van der Waals surface area contributed by atoms with Gasteiger partial charge in [0.2, 0.25) is 10.0 Å². The highest BCUT2D eigenvalue weighted by molar-refractivity contribution is 7.89. The first kappa shape index (κ1) is 20.7. The van der Waals surface area contributed by atoms with Crippen molar-refractivity contribution in [1.82, 2.24) is 4.31 Å². The van der Waals surface area contributed by atoms with Crippen LogP contribution in [0.2, 0.25) is 0 Å². The van der Waals surface area contributed by atoms with Gasteiger partial charge in [0, 0.05) is 24.3 Å². The fourth-order valence-electron chi connectivity index (χ4n) is 3.08. The lowest BCUT2D eigenvalue weighted by atomic mass is 10.1. The minimum Gasteiger partial charge on any atom is -0.321 e. The summed E-state index contributed by atoms with van der Waals surface area (Å²) in [5, 5.41) is 11.8. The van der Waals surface area contributed by atoms with Crippen LogP contribution in [0, 0.1) is 17.1 Å². The summed E-state index contributed by atoms with van der Waals surface area (Å²) >= 11 is 0. The summed E-state index contributed by atoms with van der Waals surface area (Å²) in [6.45, 7) is 0.950. The number of carbonyl (C=O) groups excluding carboxylic acids is 1. The summed E-state index contributed by atoms with van der Waals surface area (Å²) in [4.78, 5) is 12.5. The molecule has 1 aliphatic heterocycles. The normalized spacial score (nSPS) is 15.5. The fraction of sp³-hybridized carbons (Fsp3) is 0.238. The fourth-order valence-corrected chi connectivity index (χ4v) is 4.65. The number of piperidine rings is 1. The number of nitriles is 1. The van der Waals surface area contributed by atoms with Crippen LogP contribution in [0.25, 0.3) is 6.08 Å². The molecule has 3 rings (SSSR count). The summed E-state index contributed by atoms with van der Waals surface area (Å²) in [7, 11) is -3.65. The van der Waals surface area contributed by atoms with Crippen LogP contribution in [0.15, 0.2) is 59.0 Å². The first-order valence-corrected chi connectivity index (χ1v) is 10.6. The van der Waals surface area contributed by atoms with E-state index in [2.05, 4.69) is 5.32 Å². The molecule has 1 fully saturated rings. The van der Waals surface area contributed by atoms with E-state index in [0.29, 0.717) is 13.1 Å². The lowest BCUT2D eigenvalue weighted by Gasteiger charge is -2.26. The second-order valence-electron chi connectivity index (χ2n) is 6.64. The van der Waals surface area contributed by atoms with Gasteiger partial charge >= 0.3 is 0 Å². The number of anilines is 1. The van der Waals surface area contributed by atoms with Crippen LogP contribution in [-0.2, 0) is 14.8 Å². The van der Waals surface area contributed by atoms with Crippen molar-refractivity contribution in [1.29, 1.82) is 5.26 Å². The van der Waals surface area contributed by atoms with Crippen LogP contribution < -0.4 is 5.32 Å². The summed E-state index contributed by atoms with van der Waals surface area (Å²) < 4.78 is 40.8. The molecule has 6 nitrogen and oxygen atoms in total. The van der Waals surface area contributed by atoms with E-state index in [1.807, 2.05) is 0 Å². The molecular formula is C21H20FN3O3S. The zero-order valence-electron chi connectivity index (χ0n) is 15.6. The molecule has 0 aromatic heterocycles. The van der Waals surface area contributed by atoms with Crippen molar-refractivity contribution in [3.05, 3.63) is 65.5 Å². The van der Waals surface area contributed by atoms with Crippen molar-refractivity contribution in [2.45, 2.75) is 24.2 Å². The maximum absolute atomic E-state index is 13.8. The lowest BCUT2D eigenvalue weighted by Crippen LogP contribution is -2.35. The van der Waals surface area contributed by atoms with Gasteiger partial charge in [-0.1, -0.05) is 30.7 Å². The Balaban J connectivity index is 1.81. The van der Waals surface area contributed by atoms with Crippen molar-refractivity contribution in [2.24, 2.45) is 0 Å². The number of carbonyl (C=O) groups is 1. The Morgan fingerprint density at radius 2 is 1.83 bits per heavy atom. The molecule has 1 saturated heterocycles. The van der Waals surface area contributed by atoms with Crippen LogP contribution in [-0.4, -0.2) is 31.7 Å². The topological polar surface area (TPSA) is 90.3 Å². The lowest BCUT2D eigenvalue weighted by molar-refractivity contribution is -0.112. The van der Waals surface area contributed by atoms with E-state index < -0.39 is 21.7 Å². The van der Waals surface area contributed by atoms with Crippen LogP contribution in [0.3, 0.4) is 0 Å². The SMILES string of the molecule is N#C/C(=C\c1ccccc1F)C(=O)Nc1cccc(S(=O)(=O)N2CCCCC2)c1. The minimum absolute atomic E-state index is 0.0776. The molecule has 29 heavy (non-hydrogen) atoms. The smallest absolute Gasteiger partial charge is 0.266 e. The highest BCUT2D eigenvalue weighted by Gasteiger charge is 2.26. The monoisotopic (exact) mass is 413 g/mol. The first-order chi connectivity index (χ1) is 13.9. The molecule has 0 unspecified atom stereocenters. The first-order valence-electron chi connectivity index (χ1n) is 9.20. The Bertz CT molecular complexity index is 1080. The number of hydrogen-bond donors (Lipinski definition) is 1. The summed E-state index contributed by atoms with van der Waals surface area (Å²) in [6.07, 6.45) is 3.80. The molecule has 0 radical (unpaired) electrons. The van der Waals surface area contributed by atoms with Crippen molar-refractivity contribution < 1.29 is 17.6 Å². The van der Waals surface area contributed by atoms with Gasteiger partial charge in [0.05, 0.1) is 4.90 Å². The van der Waals surface area contributed by atoms with E-state index in [9.17, 15) is 22.9 Å². The van der Waals surface area contributed by atoms with Gasteiger partial charge in [0.25, 0.3) is 5.91 Å². The van der Waals surface area contributed by atoms with Crippen LogP contribution in [0.1, 0.15) is 24.8 Å². The van der Waals surface area contributed by atoms with Gasteiger partial charge in [-0.25, -0.2) is 12.8 Å². The van der Waals surface area contributed by atoms with Crippen molar-refractivity contribution in [3.63, 3.8) is 0 Å². The molecule has 1 aliphatic rings. The van der Waals surface area contributed by atoms with E-state index in [4.69, 9.17) is 0 Å². The number of nitrogens with zero attached hydrogens (tertiary/aromatic N) is 2. The van der Waals surface area contributed by atoms with E-state index in [0.717, 1.165) is 25.3 Å². The molecule has 2 aromatic carbocycles. The molecule has 1 heterocycles. The number of amides is 1. The summed E-state index contributed by atoms with van der Waals surface area (Å²) in [5.41, 5.74) is 0.0581. The van der Waals surface area contributed by atoms with Crippen LogP contribution >= 0.6 is 0 Å². The molecule has 0 bridgehead atoms. The van der Waals surface area contributed by atoms with Gasteiger partial charge in [0.15, 0.2) is 0 Å². The van der Waals surface area contributed by atoms with Crippen molar-refractivity contribution in [2.75, 3.05) is 18.4 Å². The highest BCUT2D eigenvalue weighted by atomic mass is 32.2. The molecular weight excluding hydrogens is 393 g/mol. The second kappa shape index (κ2) is 8.99. The number of halogens is 1. The molecule has 0 spiro atoms.